The van der Waals surface area contributed by atoms with Crippen LogP contribution in [0.15, 0.2) is 12.2 Å². The Hall–Kier alpha value is -0.380. The molecule has 9 bridgehead atoms. The Balaban J connectivity index is 1.52. The molecule has 9 rings (SSSR count). The molecule has 0 aromatic heterocycles. The first-order chi connectivity index (χ1) is 11.1. The molecule has 0 amide bonds. The highest BCUT2D eigenvalue weighted by atomic mass is 16.3. The maximum absolute atomic E-state index is 11.3. The fourth-order valence-electron chi connectivity index (χ4n) is 10.5. The van der Waals surface area contributed by atoms with Crippen LogP contribution in [-0.4, -0.2) is 46.5 Å². The number of fused-ring (bicyclic) bond motifs is 1. The van der Waals surface area contributed by atoms with Crippen LogP contribution in [0.3, 0.4) is 0 Å². The van der Waals surface area contributed by atoms with Gasteiger partial charge in [-0.1, -0.05) is 18.6 Å². The maximum atomic E-state index is 11.3. The molecule has 2 spiro atoms. The second-order valence-corrected chi connectivity index (χ2v) is 10.3. The maximum Gasteiger partial charge on any atom is 0.0645 e. The monoisotopic (exact) mass is 313 g/mol. The van der Waals surface area contributed by atoms with E-state index < -0.39 is 0 Å². The summed E-state index contributed by atoms with van der Waals surface area (Å²) >= 11 is 0. The van der Waals surface area contributed by atoms with Gasteiger partial charge < -0.3 is 10.2 Å². The standard InChI is InChI=1S/C20H27NO2/c1-10-6-19-7-13-15-18(9-22)3-2-4-20(15)16(19)14(23)11(10)5-12(19)17(20)21(13)8-18/h11-17,22-23H,1-9H2/t11-,12-,13+,14+,15-,16-,17-,18+,19+,20+/m1/s1. The zero-order valence-corrected chi connectivity index (χ0v) is 13.7. The van der Waals surface area contributed by atoms with Crippen molar-refractivity contribution in [2.75, 3.05) is 13.2 Å². The number of hydrogen-bond donors (Lipinski definition) is 2. The van der Waals surface area contributed by atoms with Crippen LogP contribution in [0, 0.1) is 39.9 Å². The van der Waals surface area contributed by atoms with E-state index in [1.54, 1.807) is 0 Å². The number of piperidine rings is 2. The molecular formula is C20H27NO2. The molecule has 0 radical (unpaired) electrons. The summed E-state index contributed by atoms with van der Waals surface area (Å²) in [5, 5.41) is 21.7. The van der Waals surface area contributed by atoms with Crippen molar-refractivity contribution in [3.05, 3.63) is 12.2 Å². The van der Waals surface area contributed by atoms with Gasteiger partial charge in [-0.05, 0) is 60.7 Å². The van der Waals surface area contributed by atoms with Gasteiger partial charge in [-0.25, -0.2) is 0 Å². The molecule has 3 heterocycles. The van der Waals surface area contributed by atoms with Crippen LogP contribution in [-0.2, 0) is 0 Å². The summed E-state index contributed by atoms with van der Waals surface area (Å²) in [5.41, 5.74) is 2.22. The van der Waals surface area contributed by atoms with E-state index in [2.05, 4.69) is 11.5 Å². The highest BCUT2D eigenvalue weighted by molar-refractivity contribution is 5.41. The topological polar surface area (TPSA) is 43.7 Å². The van der Waals surface area contributed by atoms with Crippen molar-refractivity contribution in [1.29, 1.82) is 0 Å². The molecule has 2 N–H and O–H groups in total. The summed E-state index contributed by atoms with van der Waals surface area (Å²) in [4.78, 5) is 2.85. The molecule has 3 saturated heterocycles. The van der Waals surface area contributed by atoms with E-state index in [0.29, 0.717) is 41.2 Å². The lowest BCUT2D eigenvalue weighted by atomic mass is 9.40. The first-order valence-electron chi connectivity index (χ1n) is 9.81. The molecule has 3 heteroatoms. The van der Waals surface area contributed by atoms with Crippen LogP contribution in [0.1, 0.15) is 38.5 Å². The Morgan fingerprint density at radius 3 is 2.96 bits per heavy atom. The van der Waals surface area contributed by atoms with E-state index in [-0.39, 0.29) is 11.5 Å². The Morgan fingerprint density at radius 2 is 2.13 bits per heavy atom. The first kappa shape index (κ1) is 12.9. The summed E-state index contributed by atoms with van der Waals surface area (Å²) in [5.74, 6) is 2.35. The van der Waals surface area contributed by atoms with Crippen molar-refractivity contribution in [3.8, 4) is 0 Å². The van der Waals surface area contributed by atoms with E-state index in [1.165, 1.54) is 44.1 Å². The molecule has 3 aliphatic heterocycles. The van der Waals surface area contributed by atoms with Gasteiger partial charge in [0.15, 0.2) is 0 Å². The molecule has 124 valence electrons. The van der Waals surface area contributed by atoms with Gasteiger partial charge in [-0.2, -0.15) is 0 Å². The predicted octanol–water partition coefficient (Wildman–Crippen LogP) is 1.79. The number of aliphatic hydroxyl groups is 2. The predicted molar refractivity (Wildman–Crippen MR) is 85.5 cm³/mol. The molecule has 6 saturated carbocycles. The third-order valence-electron chi connectivity index (χ3n) is 10.3. The summed E-state index contributed by atoms with van der Waals surface area (Å²) in [6.07, 6.45) is 7.34. The molecule has 0 aromatic carbocycles. The summed E-state index contributed by atoms with van der Waals surface area (Å²) in [7, 11) is 0. The molecule has 23 heavy (non-hydrogen) atoms. The number of rotatable bonds is 1. The van der Waals surface area contributed by atoms with Crippen LogP contribution in [0.4, 0.5) is 0 Å². The van der Waals surface area contributed by atoms with Gasteiger partial charge in [-0.3, -0.25) is 4.90 Å². The molecule has 9 fully saturated rings. The fraction of sp³-hybridized carbons (Fsp3) is 0.900. The summed E-state index contributed by atoms with van der Waals surface area (Å²) in [6.45, 7) is 5.89. The van der Waals surface area contributed by atoms with Gasteiger partial charge in [-0.15, -0.1) is 0 Å². The highest BCUT2D eigenvalue weighted by Gasteiger charge is 2.88. The van der Waals surface area contributed by atoms with E-state index in [0.717, 1.165) is 18.5 Å². The lowest BCUT2D eigenvalue weighted by Crippen LogP contribution is -2.64. The quantitative estimate of drug-likeness (QED) is 0.726. The summed E-state index contributed by atoms with van der Waals surface area (Å²) < 4.78 is 0. The molecule has 0 aromatic rings. The molecule has 1 unspecified atom stereocenters. The zero-order valence-electron chi connectivity index (χ0n) is 13.7. The number of nitrogens with zero attached hydrogens (tertiary/aromatic N) is 1. The van der Waals surface area contributed by atoms with Crippen LogP contribution in [0.25, 0.3) is 0 Å². The Labute approximate surface area is 137 Å². The molecule has 6 aliphatic carbocycles. The van der Waals surface area contributed by atoms with Crippen molar-refractivity contribution in [1.82, 2.24) is 4.90 Å². The Morgan fingerprint density at radius 1 is 1.26 bits per heavy atom. The summed E-state index contributed by atoms with van der Waals surface area (Å²) in [6, 6.07) is 1.43. The highest BCUT2D eigenvalue weighted by Crippen LogP contribution is 2.87. The third kappa shape index (κ3) is 0.950. The van der Waals surface area contributed by atoms with Gasteiger partial charge in [0.2, 0.25) is 0 Å². The van der Waals surface area contributed by atoms with Crippen molar-refractivity contribution in [2.24, 2.45) is 39.9 Å². The zero-order chi connectivity index (χ0) is 15.4. The molecular weight excluding hydrogens is 286 g/mol. The van der Waals surface area contributed by atoms with E-state index in [9.17, 15) is 10.2 Å². The van der Waals surface area contributed by atoms with E-state index in [4.69, 9.17) is 0 Å². The van der Waals surface area contributed by atoms with Gasteiger partial charge in [0.1, 0.15) is 0 Å². The van der Waals surface area contributed by atoms with E-state index >= 15 is 0 Å². The Kier molecular flexibility index (Phi) is 1.86. The van der Waals surface area contributed by atoms with Crippen molar-refractivity contribution in [2.45, 2.75) is 56.7 Å². The minimum atomic E-state index is -0.145. The number of hydrogen-bond acceptors (Lipinski definition) is 3. The van der Waals surface area contributed by atoms with Crippen molar-refractivity contribution < 1.29 is 10.2 Å². The third-order valence-corrected chi connectivity index (χ3v) is 10.3. The molecule has 11 atom stereocenters. The lowest BCUT2D eigenvalue weighted by molar-refractivity contribution is -0.180. The number of aliphatic hydroxyl groups excluding tert-OH is 2. The van der Waals surface area contributed by atoms with Crippen LogP contribution in [0.5, 0.6) is 0 Å². The minimum absolute atomic E-state index is 0.145. The van der Waals surface area contributed by atoms with Crippen LogP contribution in [0.2, 0.25) is 0 Å². The second-order valence-electron chi connectivity index (χ2n) is 10.3. The SMILES string of the molecule is C=C1C[C@@]23C[C@H]4[C@@H]5[C@@]6(CO)CCC[C@@]57[C@@H]2[C@@H](O)[C@@H]1C[C@@H]3[C@H]7N4C6. The first-order valence-corrected chi connectivity index (χ1v) is 9.81. The second kappa shape index (κ2) is 3.32. The van der Waals surface area contributed by atoms with Gasteiger partial charge >= 0.3 is 0 Å². The smallest absolute Gasteiger partial charge is 0.0645 e. The Bertz CT molecular complexity index is 662. The average Bonchev–Trinajstić information content (AvgIpc) is 2.98. The van der Waals surface area contributed by atoms with Crippen molar-refractivity contribution in [3.63, 3.8) is 0 Å². The largest absolute Gasteiger partial charge is 0.396 e. The van der Waals surface area contributed by atoms with Gasteiger partial charge in [0, 0.05) is 30.0 Å². The van der Waals surface area contributed by atoms with Crippen molar-refractivity contribution >= 4 is 0 Å². The van der Waals surface area contributed by atoms with E-state index in [1.807, 2.05) is 0 Å². The van der Waals surface area contributed by atoms with Crippen LogP contribution >= 0.6 is 0 Å². The average molecular weight is 313 g/mol. The van der Waals surface area contributed by atoms with Gasteiger partial charge in [0.05, 0.1) is 12.7 Å². The fourth-order valence-corrected chi connectivity index (χ4v) is 10.5. The van der Waals surface area contributed by atoms with Crippen LogP contribution < -0.4 is 0 Å². The normalized spacial score (nSPS) is 72.3. The lowest BCUT2D eigenvalue weighted by Gasteiger charge is -2.64. The minimum Gasteiger partial charge on any atom is -0.396 e. The molecule has 9 aliphatic rings. The van der Waals surface area contributed by atoms with Gasteiger partial charge in [0.25, 0.3) is 0 Å². The molecule has 3 nitrogen and oxygen atoms in total.